The van der Waals surface area contributed by atoms with Crippen molar-refractivity contribution in [3.63, 3.8) is 0 Å². The van der Waals surface area contributed by atoms with Crippen LogP contribution in [0.2, 0.25) is 0 Å². The lowest BCUT2D eigenvalue weighted by atomic mass is 9.47. The van der Waals surface area contributed by atoms with Gasteiger partial charge in [-0.3, -0.25) is 4.79 Å². The fourth-order valence-corrected chi connectivity index (χ4v) is 10.3. The number of hydrogen-bond acceptors (Lipinski definition) is 4. The van der Waals surface area contributed by atoms with Gasteiger partial charge in [-0.2, -0.15) is 0 Å². The van der Waals surface area contributed by atoms with Crippen LogP contribution < -0.4 is 0 Å². The number of ether oxygens (including phenoxy) is 1. The van der Waals surface area contributed by atoms with E-state index in [0.29, 0.717) is 17.3 Å². The Balaban J connectivity index is 1.16. The number of hydrogen-bond donors (Lipinski definition) is 0. The molecule has 1 saturated heterocycles. The lowest BCUT2D eigenvalue weighted by molar-refractivity contribution is -0.152. The zero-order valence-corrected chi connectivity index (χ0v) is 26.4. The number of likely N-dealkylation sites (N-methyl/N-ethyl adjacent to an activating group) is 1. The molecule has 8 atom stereocenters. The molecule has 0 unspecified atom stereocenters. The molecule has 0 N–H and O–H groups in total. The van der Waals surface area contributed by atoms with E-state index in [9.17, 15) is 4.79 Å². The standard InChI is InChI=1S/C35H60N2O2/c1-25(2)8-7-9-26(3)30-12-13-31-29-11-10-27-24-28(14-17-34(27,4)32(29)15-18-35(30,31)5)39-33(38)16-19-37-22-20-36(6)21-23-37/h10,25-26,28-32H,7-9,11-24H2,1-6H3/t26-,28+,29+,30-,31+,32+,34+,35-/m1/s1. The van der Waals surface area contributed by atoms with Crippen molar-refractivity contribution in [3.05, 3.63) is 11.6 Å². The summed E-state index contributed by atoms with van der Waals surface area (Å²) in [6.07, 6.45) is 17.8. The summed E-state index contributed by atoms with van der Waals surface area (Å²) in [6, 6.07) is 0. The highest BCUT2D eigenvalue weighted by Crippen LogP contribution is 2.67. The molecule has 4 nitrogen and oxygen atoms in total. The second-order valence-electron chi connectivity index (χ2n) is 15.5. The van der Waals surface area contributed by atoms with Gasteiger partial charge in [0.2, 0.25) is 0 Å². The topological polar surface area (TPSA) is 32.8 Å². The molecule has 0 aromatic heterocycles. The summed E-state index contributed by atoms with van der Waals surface area (Å²) < 4.78 is 6.09. The molecule has 1 heterocycles. The summed E-state index contributed by atoms with van der Waals surface area (Å²) >= 11 is 0. The van der Waals surface area contributed by atoms with Crippen LogP contribution in [0.1, 0.15) is 112 Å². The zero-order chi connectivity index (χ0) is 27.8. The van der Waals surface area contributed by atoms with Crippen molar-refractivity contribution in [2.75, 3.05) is 39.8 Å². The van der Waals surface area contributed by atoms with Crippen molar-refractivity contribution in [3.8, 4) is 0 Å². The fraction of sp³-hybridized carbons (Fsp3) is 0.914. The van der Waals surface area contributed by atoms with Gasteiger partial charge in [0.1, 0.15) is 6.10 Å². The summed E-state index contributed by atoms with van der Waals surface area (Å²) in [6.45, 7) is 17.8. The highest BCUT2D eigenvalue weighted by Gasteiger charge is 2.59. The fourth-order valence-electron chi connectivity index (χ4n) is 10.3. The molecule has 4 heteroatoms. The average molecular weight is 541 g/mol. The Labute approximate surface area is 240 Å². The number of carbonyl (C=O) groups excluding carboxylic acids is 1. The molecule has 0 bridgehead atoms. The van der Waals surface area contributed by atoms with E-state index in [1.165, 1.54) is 57.8 Å². The van der Waals surface area contributed by atoms with E-state index < -0.39 is 0 Å². The normalized spacial score (nSPS) is 40.0. The maximum atomic E-state index is 12.8. The van der Waals surface area contributed by atoms with Crippen LogP contribution in [0.4, 0.5) is 0 Å². The predicted molar refractivity (Wildman–Crippen MR) is 161 cm³/mol. The van der Waals surface area contributed by atoms with Crippen LogP contribution in [0.3, 0.4) is 0 Å². The van der Waals surface area contributed by atoms with E-state index in [4.69, 9.17) is 4.74 Å². The number of rotatable bonds is 9. The number of nitrogens with zero attached hydrogens (tertiary/aromatic N) is 2. The molecular formula is C35H60N2O2. The van der Waals surface area contributed by atoms with Crippen molar-refractivity contribution in [1.29, 1.82) is 0 Å². The van der Waals surface area contributed by atoms with E-state index in [1.807, 2.05) is 0 Å². The van der Waals surface area contributed by atoms with Crippen LogP contribution in [0.5, 0.6) is 0 Å². The van der Waals surface area contributed by atoms with Crippen molar-refractivity contribution < 1.29 is 9.53 Å². The number of fused-ring (bicyclic) bond motifs is 5. The molecule has 3 saturated carbocycles. The average Bonchev–Trinajstić information content (AvgIpc) is 3.25. The molecule has 4 fully saturated rings. The molecule has 0 aromatic carbocycles. The maximum absolute atomic E-state index is 12.8. The molecule has 1 aliphatic heterocycles. The Morgan fingerprint density at radius 1 is 1.00 bits per heavy atom. The van der Waals surface area contributed by atoms with Gasteiger partial charge < -0.3 is 14.5 Å². The van der Waals surface area contributed by atoms with E-state index >= 15 is 0 Å². The molecule has 5 aliphatic rings. The van der Waals surface area contributed by atoms with Crippen LogP contribution in [0, 0.1) is 46.3 Å². The summed E-state index contributed by atoms with van der Waals surface area (Å²) in [4.78, 5) is 17.5. The SMILES string of the molecule is CC(C)CCC[C@@H](C)[C@H]1CC[C@H]2[C@@H]3CC=C4C[C@@H](OC(=O)CCN5CCN(C)CC5)CC[C@]4(C)[C@H]3CC[C@]12C. The van der Waals surface area contributed by atoms with E-state index in [-0.39, 0.29) is 12.1 Å². The van der Waals surface area contributed by atoms with Gasteiger partial charge in [0.05, 0.1) is 6.42 Å². The molecule has 5 rings (SSSR count). The van der Waals surface area contributed by atoms with Gasteiger partial charge in [-0.15, -0.1) is 0 Å². The third-order valence-corrected chi connectivity index (χ3v) is 12.8. The molecular weight excluding hydrogens is 480 g/mol. The predicted octanol–water partition coefficient (Wildman–Crippen LogP) is 7.58. The molecule has 0 spiro atoms. The zero-order valence-electron chi connectivity index (χ0n) is 26.4. The second kappa shape index (κ2) is 12.2. The van der Waals surface area contributed by atoms with Crippen LogP contribution in [-0.4, -0.2) is 61.6 Å². The Morgan fingerprint density at radius 2 is 1.77 bits per heavy atom. The van der Waals surface area contributed by atoms with E-state index in [2.05, 4.69) is 57.5 Å². The quantitative estimate of drug-likeness (QED) is 0.223. The number of allylic oxidation sites excluding steroid dienone is 1. The van der Waals surface area contributed by atoms with E-state index in [0.717, 1.165) is 81.1 Å². The maximum Gasteiger partial charge on any atom is 0.307 e. The van der Waals surface area contributed by atoms with Crippen molar-refractivity contribution in [2.45, 2.75) is 118 Å². The van der Waals surface area contributed by atoms with Crippen LogP contribution in [-0.2, 0) is 9.53 Å². The van der Waals surface area contributed by atoms with Crippen LogP contribution in [0.15, 0.2) is 11.6 Å². The van der Waals surface area contributed by atoms with Crippen LogP contribution >= 0.6 is 0 Å². The first kappa shape index (κ1) is 29.6. The summed E-state index contributed by atoms with van der Waals surface area (Å²) in [5.41, 5.74) is 2.51. The molecule has 222 valence electrons. The third-order valence-electron chi connectivity index (χ3n) is 12.8. The minimum absolute atomic E-state index is 0.0183. The molecule has 4 aliphatic carbocycles. The highest BCUT2D eigenvalue weighted by molar-refractivity contribution is 5.69. The van der Waals surface area contributed by atoms with Crippen LogP contribution in [0.25, 0.3) is 0 Å². The van der Waals surface area contributed by atoms with Crippen molar-refractivity contribution in [1.82, 2.24) is 9.80 Å². The van der Waals surface area contributed by atoms with Crippen molar-refractivity contribution >= 4 is 5.97 Å². The monoisotopic (exact) mass is 540 g/mol. The Morgan fingerprint density at radius 3 is 2.51 bits per heavy atom. The minimum Gasteiger partial charge on any atom is -0.462 e. The van der Waals surface area contributed by atoms with E-state index in [1.54, 1.807) is 5.57 Å². The van der Waals surface area contributed by atoms with Gasteiger partial charge >= 0.3 is 5.97 Å². The summed E-state index contributed by atoms with van der Waals surface area (Å²) in [5, 5.41) is 0. The second-order valence-corrected chi connectivity index (χ2v) is 15.5. The number of esters is 1. The number of piperazine rings is 1. The molecule has 0 amide bonds. The Hall–Kier alpha value is -0.870. The smallest absolute Gasteiger partial charge is 0.307 e. The molecule has 0 aromatic rings. The van der Waals surface area contributed by atoms with Gasteiger partial charge in [0.25, 0.3) is 0 Å². The number of carbonyl (C=O) groups is 1. The lowest BCUT2D eigenvalue weighted by Crippen LogP contribution is -2.51. The first-order valence-corrected chi connectivity index (χ1v) is 16.9. The van der Waals surface area contributed by atoms with Crippen molar-refractivity contribution in [2.24, 2.45) is 46.3 Å². The Bertz CT molecular complexity index is 876. The molecule has 39 heavy (non-hydrogen) atoms. The first-order chi connectivity index (χ1) is 18.6. The minimum atomic E-state index is 0.0183. The summed E-state index contributed by atoms with van der Waals surface area (Å²) in [5.74, 6) is 5.27. The van der Waals surface area contributed by atoms with Gasteiger partial charge in [-0.05, 0) is 98.3 Å². The highest BCUT2D eigenvalue weighted by atomic mass is 16.5. The summed E-state index contributed by atoms with van der Waals surface area (Å²) in [7, 11) is 2.18. The van der Waals surface area contributed by atoms with Gasteiger partial charge in [0.15, 0.2) is 0 Å². The lowest BCUT2D eigenvalue weighted by Gasteiger charge is -2.58. The Kier molecular flexibility index (Phi) is 9.24. The first-order valence-electron chi connectivity index (χ1n) is 16.9. The largest absolute Gasteiger partial charge is 0.462 e. The van der Waals surface area contributed by atoms with Gasteiger partial charge in [0, 0.05) is 39.1 Å². The van der Waals surface area contributed by atoms with Gasteiger partial charge in [-0.25, -0.2) is 0 Å². The van der Waals surface area contributed by atoms with Gasteiger partial charge in [-0.1, -0.05) is 65.5 Å². The molecule has 0 radical (unpaired) electrons. The third kappa shape index (κ3) is 6.18.